The van der Waals surface area contributed by atoms with Crippen LogP contribution in [0.5, 0.6) is 5.75 Å². The Kier molecular flexibility index (Phi) is 5.00. The maximum atomic E-state index is 12.1. The highest BCUT2D eigenvalue weighted by Crippen LogP contribution is 2.24. The number of rotatable bonds is 6. The molecule has 1 aromatic carbocycles. The van der Waals surface area contributed by atoms with Crippen molar-refractivity contribution >= 4 is 11.6 Å². The lowest BCUT2D eigenvalue weighted by Crippen LogP contribution is -3.08. The van der Waals surface area contributed by atoms with Crippen LogP contribution in [0.15, 0.2) is 41.0 Å². The smallest absolute Gasteiger partial charge is 0.279 e. The number of aryl methyl sites for hydroxylation is 1. The Morgan fingerprint density at radius 1 is 1.38 bits per heavy atom. The fraction of sp³-hybridized carbons (Fsp3) is 0.312. The van der Waals surface area contributed by atoms with Gasteiger partial charge in [-0.15, -0.1) is 0 Å². The molecule has 0 aliphatic heterocycles. The van der Waals surface area contributed by atoms with E-state index in [9.17, 15) is 4.79 Å². The molecule has 0 saturated heterocycles. The molecule has 1 unspecified atom stereocenters. The minimum Gasteiger partial charge on any atom is -0.495 e. The fourth-order valence-electron chi connectivity index (χ4n) is 2.16. The number of benzene rings is 1. The average molecular weight is 289 g/mol. The van der Waals surface area contributed by atoms with Crippen LogP contribution in [0.25, 0.3) is 0 Å². The maximum absolute atomic E-state index is 12.1. The summed E-state index contributed by atoms with van der Waals surface area (Å²) in [7, 11) is 3.55. The minimum absolute atomic E-state index is 0.0528. The van der Waals surface area contributed by atoms with Gasteiger partial charge in [0.1, 0.15) is 12.3 Å². The zero-order valence-electron chi connectivity index (χ0n) is 12.6. The Bertz CT molecular complexity index is 594. The van der Waals surface area contributed by atoms with E-state index in [0.29, 0.717) is 24.5 Å². The van der Waals surface area contributed by atoms with Crippen LogP contribution in [-0.2, 0) is 11.3 Å². The summed E-state index contributed by atoms with van der Waals surface area (Å²) in [5.41, 5.74) is 1.77. The molecule has 1 heterocycles. The highest BCUT2D eigenvalue weighted by molar-refractivity contribution is 5.93. The van der Waals surface area contributed by atoms with E-state index in [-0.39, 0.29) is 5.91 Å². The number of hydrogen-bond donors (Lipinski definition) is 2. The van der Waals surface area contributed by atoms with E-state index < -0.39 is 0 Å². The van der Waals surface area contributed by atoms with Gasteiger partial charge < -0.3 is 19.4 Å². The lowest BCUT2D eigenvalue weighted by atomic mass is 10.2. The number of nitrogens with one attached hydrogen (secondary N) is 2. The van der Waals surface area contributed by atoms with Crippen molar-refractivity contribution in [1.82, 2.24) is 0 Å². The summed E-state index contributed by atoms with van der Waals surface area (Å²) in [6.07, 6.45) is 1.64. The van der Waals surface area contributed by atoms with Crippen LogP contribution >= 0.6 is 0 Å². The lowest BCUT2D eigenvalue weighted by Gasteiger charge is -2.14. The molecule has 2 rings (SSSR count). The molecule has 0 fully saturated rings. The van der Waals surface area contributed by atoms with E-state index in [1.54, 1.807) is 13.4 Å². The van der Waals surface area contributed by atoms with E-state index in [2.05, 4.69) is 5.32 Å². The van der Waals surface area contributed by atoms with Gasteiger partial charge in [-0.25, -0.2) is 0 Å². The molecular weight excluding hydrogens is 268 g/mol. The molecule has 2 N–H and O–H groups in total. The van der Waals surface area contributed by atoms with Crippen LogP contribution in [-0.4, -0.2) is 26.6 Å². The van der Waals surface area contributed by atoms with E-state index in [0.717, 1.165) is 16.2 Å². The molecule has 21 heavy (non-hydrogen) atoms. The summed E-state index contributed by atoms with van der Waals surface area (Å²) in [5, 5.41) is 2.90. The lowest BCUT2D eigenvalue weighted by molar-refractivity contribution is -0.886. The Morgan fingerprint density at radius 2 is 2.19 bits per heavy atom. The standard InChI is InChI=1S/C16H20N2O3/c1-12-6-7-15(20-3)14(9-12)17-16(19)11-18(2)10-13-5-4-8-21-13/h4-9H,10-11H2,1-3H3,(H,17,19)/p+1. The highest BCUT2D eigenvalue weighted by Gasteiger charge is 2.14. The molecule has 1 amide bonds. The number of anilines is 1. The second-order valence-corrected chi connectivity index (χ2v) is 5.14. The number of carbonyl (C=O) groups is 1. The van der Waals surface area contributed by atoms with Gasteiger partial charge >= 0.3 is 0 Å². The van der Waals surface area contributed by atoms with Crippen LogP contribution in [0, 0.1) is 6.92 Å². The molecule has 112 valence electrons. The highest BCUT2D eigenvalue weighted by atomic mass is 16.5. The first-order valence-corrected chi connectivity index (χ1v) is 6.86. The van der Waals surface area contributed by atoms with Crippen LogP contribution in [0.4, 0.5) is 5.69 Å². The third-order valence-corrected chi connectivity index (χ3v) is 3.15. The number of carbonyl (C=O) groups excluding carboxylic acids is 1. The number of amides is 1. The minimum atomic E-state index is -0.0528. The van der Waals surface area contributed by atoms with Gasteiger partial charge in [0.15, 0.2) is 12.3 Å². The summed E-state index contributed by atoms with van der Waals surface area (Å²) in [6, 6.07) is 9.46. The molecule has 0 aliphatic rings. The van der Waals surface area contributed by atoms with Gasteiger partial charge in [0.25, 0.3) is 5.91 Å². The van der Waals surface area contributed by atoms with Crippen molar-refractivity contribution in [2.45, 2.75) is 13.5 Å². The van der Waals surface area contributed by atoms with Crippen molar-refractivity contribution in [3.05, 3.63) is 47.9 Å². The SMILES string of the molecule is COc1ccc(C)cc1NC(=O)C[NH+](C)Cc1ccco1. The number of quaternary nitrogens is 1. The van der Waals surface area contributed by atoms with E-state index in [1.165, 1.54) is 0 Å². The topological polar surface area (TPSA) is 55.9 Å². The number of ether oxygens (including phenoxy) is 1. The van der Waals surface area contributed by atoms with Gasteiger partial charge in [-0.05, 0) is 36.8 Å². The van der Waals surface area contributed by atoms with Crippen molar-refractivity contribution in [2.75, 3.05) is 26.0 Å². The molecule has 0 bridgehead atoms. The molecule has 5 nitrogen and oxygen atoms in total. The van der Waals surface area contributed by atoms with Crippen LogP contribution in [0.1, 0.15) is 11.3 Å². The van der Waals surface area contributed by atoms with Gasteiger partial charge in [-0.1, -0.05) is 6.07 Å². The van der Waals surface area contributed by atoms with Crippen LogP contribution in [0.2, 0.25) is 0 Å². The number of likely N-dealkylation sites (N-methyl/N-ethyl adjacent to an activating group) is 1. The zero-order valence-corrected chi connectivity index (χ0v) is 12.6. The van der Waals surface area contributed by atoms with Gasteiger partial charge in [0.05, 0.1) is 26.1 Å². The molecule has 2 aromatic rings. The molecular formula is C16H21N2O3+. The second-order valence-electron chi connectivity index (χ2n) is 5.14. The maximum Gasteiger partial charge on any atom is 0.279 e. The van der Waals surface area contributed by atoms with Gasteiger partial charge in [-0.3, -0.25) is 4.79 Å². The summed E-state index contributed by atoms with van der Waals surface area (Å²) >= 11 is 0. The Hall–Kier alpha value is -2.27. The van der Waals surface area contributed by atoms with E-state index in [4.69, 9.17) is 9.15 Å². The Balaban J connectivity index is 1.93. The van der Waals surface area contributed by atoms with Crippen molar-refractivity contribution < 1.29 is 18.8 Å². The first-order chi connectivity index (χ1) is 10.1. The van der Waals surface area contributed by atoms with Crippen LogP contribution in [0.3, 0.4) is 0 Å². The van der Waals surface area contributed by atoms with Crippen molar-refractivity contribution in [1.29, 1.82) is 0 Å². The summed E-state index contributed by atoms with van der Waals surface area (Å²) in [6.45, 7) is 3.01. The monoisotopic (exact) mass is 289 g/mol. The van der Waals surface area contributed by atoms with Crippen molar-refractivity contribution in [3.63, 3.8) is 0 Å². The summed E-state index contributed by atoms with van der Waals surface area (Å²) in [5.74, 6) is 1.48. The molecule has 0 radical (unpaired) electrons. The number of hydrogen-bond acceptors (Lipinski definition) is 3. The first-order valence-electron chi connectivity index (χ1n) is 6.86. The van der Waals surface area contributed by atoms with Gasteiger partial charge in [0, 0.05) is 0 Å². The van der Waals surface area contributed by atoms with Crippen molar-refractivity contribution in [3.8, 4) is 5.75 Å². The molecule has 0 saturated carbocycles. The molecule has 0 aliphatic carbocycles. The normalized spacial score (nSPS) is 12.0. The number of furan rings is 1. The van der Waals surface area contributed by atoms with Crippen molar-refractivity contribution in [2.24, 2.45) is 0 Å². The molecule has 0 spiro atoms. The Morgan fingerprint density at radius 3 is 2.86 bits per heavy atom. The number of methoxy groups -OCH3 is 1. The largest absolute Gasteiger partial charge is 0.495 e. The van der Waals surface area contributed by atoms with Crippen LogP contribution < -0.4 is 15.0 Å². The predicted octanol–water partition coefficient (Wildman–Crippen LogP) is 1.25. The summed E-state index contributed by atoms with van der Waals surface area (Å²) in [4.78, 5) is 13.2. The molecule has 1 aromatic heterocycles. The summed E-state index contributed by atoms with van der Waals surface area (Å²) < 4.78 is 10.5. The average Bonchev–Trinajstić information content (AvgIpc) is 2.91. The third kappa shape index (κ3) is 4.36. The van der Waals surface area contributed by atoms with Gasteiger partial charge in [0.2, 0.25) is 0 Å². The second kappa shape index (κ2) is 6.95. The first kappa shape index (κ1) is 15.1. The van der Waals surface area contributed by atoms with E-state index >= 15 is 0 Å². The van der Waals surface area contributed by atoms with E-state index in [1.807, 2.05) is 44.3 Å². The third-order valence-electron chi connectivity index (χ3n) is 3.15. The predicted molar refractivity (Wildman–Crippen MR) is 80.5 cm³/mol. The zero-order chi connectivity index (χ0) is 15.2. The fourth-order valence-corrected chi connectivity index (χ4v) is 2.16. The Labute approximate surface area is 124 Å². The molecule has 5 heteroatoms. The molecule has 1 atom stereocenters. The van der Waals surface area contributed by atoms with Gasteiger partial charge in [-0.2, -0.15) is 0 Å². The quantitative estimate of drug-likeness (QED) is 0.841.